The maximum absolute atomic E-state index is 14.4. The Morgan fingerprint density at radius 2 is 1.31 bits per heavy atom. The van der Waals surface area contributed by atoms with Crippen molar-refractivity contribution in [3.63, 3.8) is 0 Å². The third kappa shape index (κ3) is 22.6. The highest BCUT2D eigenvalue weighted by Gasteiger charge is 2.49. The number of hydrogen-bond acceptors (Lipinski definition) is 16. The number of hydrogen-bond donors (Lipinski definition) is 3. The van der Waals surface area contributed by atoms with Gasteiger partial charge >= 0.3 is 20.5 Å². The van der Waals surface area contributed by atoms with Crippen LogP contribution >= 0.6 is 0 Å². The Bertz CT molecular complexity index is 2460. The first-order chi connectivity index (χ1) is 40.1. The molecule has 476 valence electrons. The van der Waals surface area contributed by atoms with E-state index >= 15 is 0 Å². The van der Waals surface area contributed by atoms with Gasteiger partial charge in [-0.25, -0.2) is 9.59 Å². The molecule has 2 aliphatic heterocycles. The summed E-state index contributed by atoms with van der Waals surface area (Å²) in [7, 11) is -0.448. The second-order valence-electron chi connectivity index (χ2n) is 23.2. The molecular weight excluding hydrogens is 1110 g/mol. The lowest BCUT2D eigenvalue weighted by Gasteiger charge is -2.43. The monoisotopic (exact) mass is 1210 g/mol. The molecule has 0 saturated heterocycles. The number of benzene rings is 1. The lowest BCUT2D eigenvalue weighted by molar-refractivity contribution is -0.155. The number of nitrogens with one attached hydrogen (secondary N) is 3. The summed E-state index contributed by atoms with van der Waals surface area (Å²) in [6, 6.07) is 4.36. The minimum Gasteiger partial charge on any atom is -0.456 e. The molecule has 0 aromatic heterocycles. The number of rotatable bonds is 24. The van der Waals surface area contributed by atoms with E-state index in [-0.39, 0.29) is 106 Å². The minimum atomic E-state index is -3.31. The van der Waals surface area contributed by atoms with Crippen molar-refractivity contribution >= 4 is 61.8 Å². The first-order valence-electron chi connectivity index (χ1n) is 29.8. The maximum Gasteiger partial charge on any atom is 0.343 e. The van der Waals surface area contributed by atoms with Gasteiger partial charge in [0.25, 0.3) is 17.7 Å². The molecule has 1 aromatic carbocycles. The van der Waals surface area contributed by atoms with Crippen molar-refractivity contribution in [3.05, 3.63) is 71.3 Å². The van der Waals surface area contributed by atoms with Gasteiger partial charge in [0.15, 0.2) is 6.10 Å². The zero-order valence-corrected chi connectivity index (χ0v) is 54.2. The van der Waals surface area contributed by atoms with Crippen molar-refractivity contribution in [2.24, 2.45) is 17.8 Å². The number of ether oxygens (including phenoxy) is 5. The van der Waals surface area contributed by atoms with E-state index in [2.05, 4.69) is 16.0 Å². The van der Waals surface area contributed by atoms with Gasteiger partial charge in [-0.15, -0.1) is 0 Å². The molecule has 85 heavy (non-hydrogen) atoms. The normalized spacial score (nSPS) is 24.8. The summed E-state index contributed by atoms with van der Waals surface area (Å²) in [5.41, 5.74) is 1.29. The lowest BCUT2D eigenvalue weighted by atomic mass is 9.90. The van der Waals surface area contributed by atoms with Gasteiger partial charge in [0, 0.05) is 44.2 Å². The number of cyclic esters (lactones) is 2. The van der Waals surface area contributed by atoms with Crippen molar-refractivity contribution in [1.29, 1.82) is 0 Å². The van der Waals surface area contributed by atoms with Crippen LogP contribution in [0.5, 0.6) is 0 Å². The Labute approximate surface area is 505 Å². The number of carbonyl (C=O) groups is 9. The molecule has 0 radical (unpaired) electrons. The van der Waals surface area contributed by atoms with Gasteiger partial charge in [0.2, 0.25) is 23.6 Å². The first kappa shape index (κ1) is 73.1. The summed E-state index contributed by atoms with van der Waals surface area (Å²) in [4.78, 5) is 126. The molecule has 0 fully saturated rings. The summed E-state index contributed by atoms with van der Waals surface area (Å²) in [5, 5.41) is 8.27. The zero-order chi connectivity index (χ0) is 63.7. The average molecular weight is 1210 g/mol. The number of nitrogens with zero attached hydrogens (tertiary/aromatic N) is 3. The van der Waals surface area contributed by atoms with E-state index in [1.165, 1.54) is 49.9 Å². The summed E-state index contributed by atoms with van der Waals surface area (Å²) in [6.45, 7) is 26.8. The van der Waals surface area contributed by atoms with Gasteiger partial charge in [-0.05, 0) is 81.5 Å². The van der Waals surface area contributed by atoms with E-state index in [4.69, 9.17) is 32.5 Å². The number of allylic oxidation sites excluding steroid dienone is 1. The van der Waals surface area contributed by atoms with Gasteiger partial charge in [-0.2, -0.15) is 0 Å². The van der Waals surface area contributed by atoms with Gasteiger partial charge in [0.1, 0.15) is 30.3 Å². The van der Waals surface area contributed by atoms with Crippen LogP contribution in [0.25, 0.3) is 0 Å². The van der Waals surface area contributed by atoms with Crippen LogP contribution in [0.1, 0.15) is 122 Å². The van der Waals surface area contributed by atoms with E-state index in [0.29, 0.717) is 12.0 Å². The summed E-state index contributed by atoms with van der Waals surface area (Å²) in [5.74, 6) is -6.67. The second kappa shape index (κ2) is 36.1. The van der Waals surface area contributed by atoms with E-state index < -0.39 is 111 Å². The lowest BCUT2D eigenvalue weighted by Crippen LogP contribution is -2.57. The minimum absolute atomic E-state index is 0.0620. The van der Waals surface area contributed by atoms with Crippen molar-refractivity contribution in [2.75, 3.05) is 73.4 Å². The van der Waals surface area contributed by atoms with E-state index in [1.54, 1.807) is 44.2 Å². The summed E-state index contributed by atoms with van der Waals surface area (Å²) >= 11 is 0. The van der Waals surface area contributed by atoms with E-state index in [1.807, 2.05) is 81.4 Å². The SMILES string of the molecule is C/C=C(\C)[C@H]1OC(=O)[C@@H](C)NC(=O)[C@H](C(C)CC)NC(=O)CN(C)C(=O)[C@@H](Cc2ccccc2)N(C)C(=O)[C@H](C)NC(=O)[C@@H](CC(C)C)OC(=O)/C(C)=C/C[C@H](O[Si](OCCOCCOCCOCCN2C(=O)C=CC2=O)(C(C)C)C(C)C)[C@@H]1C. The molecule has 0 bridgehead atoms. The van der Waals surface area contributed by atoms with Crippen LogP contribution < -0.4 is 16.0 Å². The smallest absolute Gasteiger partial charge is 0.343 e. The molecule has 1 aromatic rings. The predicted octanol–water partition coefficient (Wildman–Crippen LogP) is 5.52. The second-order valence-corrected chi connectivity index (χ2v) is 27.4. The molecule has 0 aliphatic carbocycles. The molecule has 23 heteroatoms. The number of likely N-dealkylation sites (N-methyl/N-ethyl adjacent to an activating group) is 2. The molecule has 3 rings (SSSR count). The Morgan fingerprint density at radius 1 is 0.741 bits per heavy atom. The maximum atomic E-state index is 14.4. The third-order valence-corrected chi connectivity index (χ3v) is 19.9. The molecule has 1 unspecified atom stereocenters. The molecule has 0 spiro atoms. The van der Waals surface area contributed by atoms with E-state index in [0.717, 1.165) is 10.5 Å². The fourth-order valence-corrected chi connectivity index (χ4v) is 13.6. The fourth-order valence-electron chi connectivity index (χ4n) is 9.84. The predicted molar refractivity (Wildman–Crippen MR) is 322 cm³/mol. The molecule has 3 N–H and O–H groups in total. The topological polar surface area (TPSA) is 264 Å². The largest absolute Gasteiger partial charge is 0.456 e. The van der Waals surface area contributed by atoms with Gasteiger partial charge < -0.3 is 58.3 Å². The molecule has 2 aliphatic rings. The Morgan fingerprint density at radius 3 is 1.86 bits per heavy atom. The number of amides is 7. The van der Waals surface area contributed by atoms with Crippen LogP contribution in [0.15, 0.2) is 65.8 Å². The molecule has 9 atom stereocenters. The first-order valence-corrected chi connectivity index (χ1v) is 31.8. The van der Waals surface area contributed by atoms with Crippen LogP contribution in [0.2, 0.25) is 11.1 Å². The molecule has 7 amide bonds. The highest BCUT2D eigenvalue weighted by molar-refractivity contribution is 6.70. The molecule has 2 heterocycles. The van der Waals surface area contributed by atoms with Crippen LogP contribution in [0.4, 0.5) is 0 Å². The fraction of sp³-hybridized carbons (Fsp3) is 0.661. The Hall–Kier alpha value is -6.11. The third-order valence-electron chi connectivity index (χ3n) is 15.4. The Kier molecular flexibility index (Phi) is 31.1. The quantitative estimate of drug-likeness (QED) is 0.0379. The van der Waals surface area contributed by atoms with Crippen LogP contribution in [-0.2, 0) is 82.1 Å². The number of carbonyl (C=O) groups excluding carboxylic acids is 9. The van der Waals surface area contributed by atoms with Gasteiger partial charge in [-0.1, -0.05) is 111 Å². The van der Waals surface area contributed by atoms with Crippen molar-refractivity contribution in [3.8, 4) is 0 Å². The van der Waals surface area contributed by atoms with Crippen LogP contribution in [-0.4, -0.2) is 192 Å². The van der Waals surface area contributed by atoms with Crippen molar-refractivity contribution < 1.29 is 75.7 Å². The highest BCUT2D eigenvalue weighted by Crippen LogP contribution is 2.39. The van der Waals surface area contributed by atoms with Crippen molar-refractivity contribution in [2.45, 2.75) is 176 Å². The van der Waals surface area contributed by atoms with E-state index in [9.17, 15) is 43.2 Å². The van der Waals surface area contributed by atoms with Crippen LogP contribution in [0, 0.1) is 17.8 Å². The zero-order valence-electron chi connectivity index (χ0n) is 53.2. The van der Waals surface area contributed by atoms with Crippen LogP contribution in [0.3, 0.4) is 0 Å². The molecule has 22 nitrogen and oxygen atoms in total. The van der Waals surface area contributed by atoms with Crippen molar-refractivity contribution in [1.82, 2.24) is 30.7 Å². The highest BCUT2D eigenvalue weighted by atomic mass is 28.4. The Balaban J connectivity index is 2.02. The summed E-state index contributed by atoms with van der Waals surface area (Å²) < 4.78 is 43.6. The van der Waals surface area contributed by atoms with Gasteiger partial charge in [0.05, 0.1) is 65.4 Å². The molecular formula is C62H98N6O16Si. The average Bonchev–Trinajstić information content (AvgIpc) is 3.32. The number of imide groups is 1. The van der Waals surface area contributed by atoms with Gasteiger partial charge in [-0.3, -0.25) is 38.5 Å². The molecule has 0 saturated carbocycles. The number of esters is 2. The summed E-state index contributed by atoms with van der Waals surface area (Å²) in [6.07, 6.45) is 3.65. The standard InChI is InChI=1S/C62H98N6O16Si/c1-17-42(9)55-58(73)64-47(14)62(77)83-56(43(10)18-2)45(12)50(84-85(40(5)6,41(7)8)81-35-34-80-33-32-79-31-30-78-29-28-68-53(70)26-27-54(68)71)25-24-44(11)61(76)82-51(36-39(3)4)57(72)63-46(13)59(74)67(16)49(37-48-22-20-19-21-23-48)60(75)66(15)38-52(69)65-55/h18-24,26-27,39-42,45-47,49-51,55-56H,17,25,28-38H2,1-16H3,(H,63,72)(H,64,73)(H,65,69)/b43-18+,44-24+/t42?,45-,46-,47+,49+,50-,51+,55-,56+/m0/s1.